The molecule has 0 spiro atoms. The molecule has 7 rings (SSSR count). The molecule has 2 aromatic carbocycles. The van der Waals surface area contributed by atoms with Crippen molar-refractivity contribution in [2.45, 2.75) is 151 Å². The number of imide groups is 1. The van der Waals surface area contributed by atoms with Gasteiger partial charge in [-0.2, -0.15) is 0 Å². The van der Waals surface area contributed by atoms with Gasteiger partial charge in [0.05, 0.1) is 22.5 Å². The third kappa shape index (κ3) is 12.7. The van der Waals surface area contributed by atoms with Gasteiger partial charge in [-0.15, -0.1) is 0 Å². The fourth-order valence-electron chi connectivity index (χ4n) is 10.5. The number of primary amides is 1. The van der Waals surface area contributed by atoms with Gasteiger partial charge in [-0.1, -0.05) is 18.2 Å². The summed E-state index contributed by atoms with van der Waals surface area (Å²) in [7, 11) is -1.77. The summed E-state index contributed by atoms with van der Waals surface area (Å²) in [5.74, 6) is -3.43. The van der Waals surface area contributed by atoms with E-state index in [0.717, 1.165) is 37.5 Å². The highest BCUT2D eigenvalue weighted by molar-refractivity contribution is 7.90. The van der Waals surface area contributed by atoms with Crippen molar-refractivity contribution < 1.29 is 51.5 Å². The van der Waals surface area contributed by atoms with Crippen molar-refractivity contribution in [1.29, 1.82) is 0 Å². The summed E-state index contributed by atoms with van der Waals surface area (Å²) in [4.78, 5) is 123. The van der Waals surface area contributed by atoms with Crippen LogP contribution in [0, 0.1) is 11.8 Å². The fourth-order valence-corrected chi connectivity index (χ4v) is 11.1. The Balaban J connectivity index is 0.983. The summed E-state index contributed by atoms with van der Waals surface area (Å²) < 4.78 is 32.3. The summed E-state index contributed by atoms with van der Waals surface area (Å²) in [5.41, 5.74) is 7.13. The van der Waals surface area contributed by atoms with Crippen LogP contribution in [-0.4, -0.2) is 124 Å². The average molecular weight is 1020 g/mol. The number of imidazole rings is 1. The number of hydrogen-bond donors (Lipinski definition) is 5. The highest BCUT2D eigenvalue weighted by Crippen LogP contribution is 2.35. The molecule has 6 N–H and O–H groups in total. The molecule has 21 nitrogen and oxygen atoms in total. The first-order valence-corrected chi connectivity index (χ1v) is 26.7. The summed E-state index contributed by atoms with van der Waals surface area (Å²) in [6, 6.07) is 6.96. The molecular weight excluding hydrogens is 951 g/mol. The zero-order valence-corrected chi connectivity index (χ0v) is 42.4. The first-order valence-electron chi connectivity index (χ1n) is 24.8. The van der Waals surface area contributed by atoms with E-state index in [1.807, 2.05) is 18.2 Å². The number of nitrogens with two attached hydrogens (primary N) is 1. The number of benzene rings is 2. The molecule has 72 heavy (non-hydrogen) atoms. The lowest BCUT2D eigenvalue weighted by Gasteiger charge is -2.40. The molecule has 8 amide bonds. The van der Waals surface area contributed by atoms with Gasteiger partial charge < -0.3 is 36.2 Å². The van der Waals surface area contributed by atoms with Gasteiger partial charge in [-0.05, 0) is 133 Å². The van der Waals surface area contributed by atoms with Crippen molar-refractivity contribution in [3.05, 3.63) is 64.1 Å². The normalized spacial score (nSPS) is 23.3. The van der Waals surface area contributed by atoms with Gasteiger partial charge >= 0.3 is 11.8 Å². The standard InChI is InChI=1S/C50H67N9O12S/c1-50(2,3)71-48(67)54-36-28-57(46(65)32-13-8-29(9-14-32)6-7-30-12-19-37-40(26-30)56(4)49(68)59(37)39-21-23-42(61)55-45(39)64)25-24-33-15-20-38(58(33)47(36)66)44(63)53-35(18-22-41(51)60)43(62)52-27-31-10-16-34(17-11-31)72(5,69)70/h10-12,16-17,19,26,29,32-33,35-36,38-39H,6-9,13-15,18,20-25,27-28H2,1-5H3,(H2,51,60)(H,52,62)(H,53,63)(H,54,67)(H,55,61,64)/t29-,32+,33-,35+,36+,38+,39?/m1/s1. The number of alkyl carbamates (subject to hydrolysis) is 1. The maximum Gasteiger partial charge on any atom is 0.408 e. The molecule has 1 saturated carbocycles. The molecule has 1 aliphatic carbocycles. The third-order valence-corrected chi connectivity index (χ3v) is 15.5. The number of rotatable bonds is 15. The van der Waals surface area contributed by atoms with Crippen LogP contribution in [0.2, 0.25) is 0 Å². The molecule has 3 aliphatic heterocycles. The van der Waals surface area contributed by atoms with Crippen LogP contribution in [0.5, 0.6) is 0 Å². The van der Waals surface area contributed by atoms with Crippen molar-refractivity contribution in [3.8, 4) is 0 Å². The number of ether oxygens (including phenoxy) is 1. The quantitative estimate of drug-likeness (QED) is 0.137. The molecule has 3 saturated heterocycles. The van der Waals surface area contributed by atoms with Gasteiger partial charge in [0, 0.05) is 51.2 Å². The number of nitrogens with zero attached hydrogens (tertiary/aromatic N) is 4. The van der Waals surface area contributed by atoms with Crippen LogP contribution in [0.4, 0.5) is 4.79 Å². The molecule has 390 valence electrons. The van der Waals surface area contributed by atoms with Crippen LogP contribution >= 0.6 is 0 Å². The van der Waals surface area contributed by atoms with E-state index in [0.29, 0.717) is 48.2 Å². The van der Waals surface area contributed by atoms with E-state index in [1.54, 1.807) is 44.9 Å². The van der Waals surface area contributed by atoms with Crippen LogP contribution in [0.1, 0.15) is 115 Å². The largest absolute Gasteiger partial charge is 0.444 e. The number of aryl methyl sites for hydroxylation is 2. The Morgan fingerprint density at radius 2 is 1.58 bits per heavy atom. The minimum absolute atomic E-state index is 0.00739. The molecule has 4 heterocycles. The second-order valence-electron chi connectivity index (χ2n) is 20.7. The first kappa shape index (κ1) is 53.2. The van der Waals surface area contributed by atoms with Crippen LogP contribution in [0.25, 0.3) is 11.0 Å². The van der Waals surface area contributed by atoms with Crippen molar-refractivity contribution >= 4 is 68.3 Å². The second-order valence-corrected chi connectivity index (χ2v) is 22.7. The maximum atomic E-state index is 14.7. The molecular formula is C50H67N9O12S. The minimum atomic E-state index is -3.43. The number of amides is 8. The van der Waals surface area contributed by atoms with Gasteiger partial charge in [-0.25, -0.2) is 18.0 Å². The first-order chi connectivity index (χ1) is 34.0. The number of nitrogens with one attached hydrogen (secondary N) is 4. The highest BCUT2D eigenvalue weighted by Gasteiger charge is 2.47. The Kier molecular flexibility index (Phi) is 16.3. The molecule has 0 bridgehead atoms. The molecule has 22 heteroatoms. The lowest BCUT2D eigenvalue weighted by molar-refractivity contribution is -0.147. The van der Waals surface area contributed by atoms with Gasteiger partial charge in [0.2, 0.25) is 41.4 Å². The summed E-state index contributed by atoms with van der Waals surface area (Å²) in [5, 5.41) is 10.5. The predicted molar refractivity (Wildman–Crippen MR) is 262 cm³/mol. The monoisotopic (exact) mass is 1020 g/mol. The number of fused-ring (bicyclic) bond motifs is 2. The molecule has 0 radical (unpaired) electrons. The second kappa shape index (κ2) is 22.0. The van der Waals surface area contributed by atoms with E-state index in [2.05, 4.69) is 21.3 Å². The lowest BCUT2D eigenvalue weighted by atomic mass is 9.79. The average Bonchev–Trinajstić information content (AvgIpc) is 3.85. The number of carbonyl (C=O) groups excluding carboxylic acids is 8. The molecule has 1 aromatic heterocycles. The van der Waals surface area contributed by atoms with Gasteiger partial charge in [0.1, 0.15) is 29.8 Å². The van der Waals surface area contributed by atoms with Crippen molar-refractivity contribution in [3.63, 3.8) is 0 Å². The molecule has 1 unspecified atom stereocenters. The topological polar surface area (TPSA) is 287 Å². The van der Waals surface area contributed by atoms with E-state index in [1.165, 1.54) is 26.2 Å². The number of hydrogen-bond acceptors (Lipinski definition) is 12. The molecule has 5 atom stereocenters. The number of carbonyl (C=O) groups is 8. The Hall–Kier alpha value is -6.58. The van der Waals surface area contributed by atoms with Crippen molar-refractivity contribution in [2.24, 2.45) is 24.6 Å². The van der Waals surface area contributed by atoms with Gasteiger partial charge in [0.15, 0.2) is 9.84 Å². The lowest BCUT2D eigenvalue weighted by Crippen LogP contribution is -2.62. The van der Waals surface area contributed by atoms with Crippen molar-refractivity contribution in [2.75, 3.05) is 19.3 Å². The predicted octanol–water partition coefficient (Wildman–Crippen LogP) is 2.01. The van der Waals surface area contributed by atoms with Crippen LogP contribution < -0.4 is 32.7 Å². The third-order valence-electron chi connectivity index (χ3n) is 14.3. The summed E-state index contributed by atoms with van der Waals surface area (Å²) in [6.07, 6.45) is 5.77. The Morgan fingerprint density at radius 3 is 2.24 bits per heavy atom. The molecule has 4 fully saturated rings. The summed E-state index contributed by atoms with van der Waals surface area (Å²) in [6.45, 7) is 5.15. The Morgan fingerprint density at radius 1 is 0.889 bits per heavy atom. The van der Waals surface area contributed by atoms with E-state index in [-0.39, 0.29) is 80.1 Å². The molecule has 4 aliphatic rings. The zero-order chi connectivity index (χ0) is 52.2. The van der Waals surface area contributed by atoms with Gasteiger partial charge in [0.25, 0.3) is 0 Å². The number of sulfone groups is 1. The number of piperidine rings is 1. The van der Waals surface area contributed by atoms with Gasteiger partial charge in [-0.3, -0.25) is 48.0 Å². The SMILES string of the molecule is Cn1c(=O)n(C2CCC(=O)NC2=O)c2ccc(CC[C@H]3CC[C@@H](C(=O)N4CC[C@H]5CC[C@@H](C(=O)N[C@@H](CCC(N)=O)C(=O)NCc6ccc(S(C)(=O)=O)cc6)N5C(=O)[C@@H](NC(=O)OC(C)(C)C)C4)CC3)cc21. The minimum Gasteiger partial charge on any atom is -0.444 e. The van der Waals surface area contributed by atoms with E-state index in [9.17, 15) is 51.6 Å². The van der Waals surface area contributed by atoms with Crippen LogP contribution in [-0.2, 0) is 68.1 Å². The summed E-state index contributed by atoms with van der Waals surface area (Å²) >= 11 is 0. The fraction of sp³-hybridized carbons (Fsp3) is 0.580. The van der Waals surface area contributed by atoms with Crippen LogP contribution in [0.3, 0.4) is 0 Å². The van der Waals surface area contributed by atoms with Crippen LogP contribution in [0.15, 0.2) is 52.2 Å². The Bertz CT molecular complexity index is 2770. The smallest absolute Gasteiger partial charge is 0.408 e. The van der Waals surface area contributed by atoms with E-state index >= 15 is 0 Å². The highest BCUT2D eigenvalue weighted by atomic mass is 32.2. The van der Waals surface area contributed by atoms with Crippen molar-refractivity contribution in [1.82, 2.24) is 40.2 Å². The molecule has 3 aromatic rings. The number of aromatic nitrogens is 2. The maximum absolute atomic E-state index is 14.7. The Labute approximate surface area is 418 Å². The van der Waals surface area contributed by atoms with E-state index in [4.69, 9.17) is 10.5 Å². The van der Waals surface area contributed by atoms with E-state index < -0.39 is 81.3 Å². The zero-order valence-electron chi connectivity index (χ0n) is 41.6.